The minimum Gasteiger partial charge on any atom is -0.459 e. The number of aryl methyl sites for hydroxylation is 1. The molecule has 0 aliphatic heterocycles. The highest BCUT2D eigenvalue weighted by molar-refractivity contribution is 9.10. The van der Waals surface area contributed by atoms with Gasteiger partial charge in [-0.15, -0.1) is 0 Å². The molecule has 0 atom stereocenters. The van der Waals surface area contributed by atoms with Gasteiger partial charge in [-0.2, -0.15) is 4.98 Å². The lowest BCUT2D eigenvalue weighted by atomic mass is 10.1. The van der Waals surface area contributed by atoms with Gasteiger partial charge in [-0.05, 0) is 37.6 Å². The van der Waals surface area contributed by atoms with E-state index in [1.54, 1.807) is 6.92 Å². The van der Waals surface area contributed by atoms with E-state index in [9.17, 15) is 4.79 Å². The van der Waals surface area contributed by atoms with Gasteiger partial charge in [0.05, 0.1) is 6.61 Å². The van der Waals surface area contributed by atoms with Crippen LogP contribution in [0.2, 0.25) is 0 Å². The Kier molecular flexibility index (Phi) is 3.76. The molecule has 0 spiro atoms. The van der Waals surface area contributed by atoms with E-state index in [-0.39, 0.29) is 12.5 Å². The number of esters is 1. The minimum atomic E-state index is -0.608. The van der Waals surface area contributed by atoms with Gasteiger partial charge < -0.3 is 9.26 Å². The molecule has 0 saturated heterocycles. The summed E-state index contributed by atoms with van der Waals surface area (Å²) in [6, 6.07) is 5.73. The fourth-order valence-corrected chi connectivity index (χ4v) is 2.09. The van der Waals surface area contributed by atoms with Crippen molar-refractivity contribution in [2.45, 2.75) is 13.8 Å². The van der Waals surface area contributed by atoms with Crippen molar-refractivity contribution in [3.63, 3.8) is 0 Å². The molecule has 1 aromatic carbocycles. The maximum absolute atomic E-state index is 11.4. The zero-order chi connectivity index (χ0) is 13.1. The van der Waals surface area contributed by atoms with E-state index in [1.165, 1.54) is 0 Å². The third-order valence-electron chi connectivity index (χ3n) is 2.18. The van der Waals surface area contributed by atoms with Crippen LogP contribution < -0.4 is 0 Å². The molecule has 0 bridgehead atoms. The molecular formula is C12H11BrN2O3. The van der Waals surface area contributed by atoms with Crippen molar-refractivity contribution in [3.05, 3.63) is 34.1 Å². The van der Waals surface area contributed by atoms with Gasteiger partial charge in [0, 0.05) is 10.0 Å². The predicted octanol–water partition coefficient (Wildman–Crippen LogP) is 2.98. The maximum Gasteiger partial charge on any atom is 0.397 e. The summed E-state index contributed by atoms with van der Waals surface area (Å²) in [5.74, 6) is -0.380. The zero-order valence-electron chi connectivity index (χ0n) is 9.94. The fourth-order valence-electron chi connectivity index (χ4n) is 1.48. The predicted molar refractivity (Wildman–Crippen MR) is 68.1 cm³/mol. The molecule has 2 aromatic rings. The number of rotatable bonds is 3. The molecule has 0 radical (unpaired) electrons. The monoisotopic (exact) mass is 310 g/mol. The highest BCUT2D eigenvalue weighted by Crippen LogP contribution is 2.22. The number of halogens is 1. The number of nitrogens with zero attached hydrogens (tertiary/aromatic N) is 2. The molecule has 1 heterocycles. The first-order valence-corrected chi connectivity index (χ1v) is 6.18. The Hall–Kier alpha value is -1.69. The molecular weight excluding hydrogens is 300 g/mol. The third kappa shape index (κ3) is 2.76. The Morgan fingerprint density at radius 2 is 2.22 bits per heavy atom. The summed E-state index contributed by atoms with van der Waals surface area (Å²) in [5.41, 5.74) is 1.84. The van der Waals surface area contributed by atoms with Crippen LogP contribution in [0.5, 0.6) is 0 Å². The first-order chi connectivity index (χ1) is 8.60. The van der Waals surface area contributed by atoms with Crippen molar-refractivity contribution in [2.24, 2.45) is 0 Å². The van der Waals surface area contributed by atoms with Crippen LogP contribution in [-0.2, 0) is 4.74 Å². The first kappa shape index (κ1) is 12.8. The second-order valence-corrected chi connectivity index (χ2v) is 4.58. The maximum atomic E-state index is 11.4. The number of aromatic nitrogens is 2. The Morgan fingerprint density at radius 3 is 2.89 bits per heavy atom. The lowest BCUT2D eigenvalue weighted by Gasteiger charge is -1.98. The van der Waals surface area contributed by atoms with E-state index in [0.29, 0.717) is 5.82 Å². The summed E-state index contributed by atoms with van der Waals surface area (Å²) in [4.78, 5) is 15.4. The topological polar surface area (TPSA) is 65.2 Å². The van der Waals surface area contributed by atoms with E-state index >= 15 is 0 Å². The van der Waals surface area contributed by atoms with Gasteiger partial charge in [0.25, 0.3) is 0 Å². The van der Waals surface area contributed by atoms with Gasteiger partial charge in [0.2, 0.25) is 5.82 Å². The standard InChI is InChI=1S/C12H11BrN2O3/c1-3-17-12(16)11-14-10(15-18-11)8-4-7(2)5-9(13)6-8/h4-6H,3H2,1-2H3. The summed E-state index contributed by atoms with van der Waals surface area (Å²) >= 11 is 3.39. The molecule has 2 rings (SSSR count). The minimum absolute atomic E-state index is 0.135. The number of hydrogen-bond donors (Lipinski definition) is 0. The number of benzene rings is 1. The molecule has 1 aromatic heterocycles. The lowest BCUT2D eigenvalue weighted by Crippen LogP contribution is -2.04. The molecule has 5 nitrogen and oxygen atoms in total. The summed E-state index contributed by atoms with van der Waals surface area (Å²) in [5, 5.41) is 3.76. The molecule has 0 aliphatic carbocycles. The van der Waals surface area contributed by atoms with Gasteiger partial charge in [-0.25, -0.2) is 4.79 Å². The number of hydrogen-bond acceptors (Lipinski definition) is 5. The average Bonchev–Trinajstić information content (AvgIpc) is 2.77. The quantitative estimate of drug-likeness (QED) is 0.815. The molecule has 6 heteroatoms. The zero-order valence-corrected chi connectivity index (χ0v) is 11.5. The average molecular weight is 311 g/mol. The molecule has 0 amide bonds. The van der Waals surface area contributed by atoms with Gasteiger partial charge in [0.1, 0.15) is 0 Å². The fraction of sp³-hybridized carbons (Fsp3) is 0.250. The molecule has 0 aliphatic rings. The lowest BCUT2D eigenvalue weighted by molar-refractivity contribution is 0.0470. The summed E-state index contributed by atoms with van der Waals surface area (Å²) in [6.07, 6.45) is 0. The van der Waals surface area contributed by atoms with Crippen LogP contribution in [0.4, 0.5) is 0 Å². The van der Waals surface area contributed by atoms with E-state index in [4.69, 9.17) is 9.26 Å². The second kappa shape index (κ2) is 5.30. The highest BCUT2D eigenvalue weighted by atomic mass is 79.9. The third-order valence-corrected chi connectivity index (χ3v) is 2.63. The van der Waals surface area contributed by atoms with Gasteiger partial charge in [0.15, 0.2) is 0 Å². The molecule has 18 heavy (non-hydrogen) atoms. The molecule has 0 fully saturated rings. The molecule has 94 valence electrons. The van der Waals surface area contributed by atoms with Crippen LogP contribution in [-0.4, -0.2) is 22.7 Å². The van der Waals surface area contributed by atoms with Crippen molar-refractivity contribution in [3.8, 4) is 11.4 Å². The van der Waals surface area contributed by atoms with Gasteiger partial charge in [-0.1, -0.05) is 21.1 Å². The van der Waals surface area contributed by atoms with E-state index in [2.05, 4.69) is 26.1 Å². The summed E-state index contributed by atoms with van der Waals surface area (Å²) < 4.78 is 10.6. The normalized spacial score (nSPS) is 10.4. The number of carbonyl (C=O) groups excluding carboxylic acids is 1. The Balaban J connectivity index is 2.32. The first-order valence-electron chi connectivity index (χ1n) is 5.38. The van der Waals surface area contributed by atoms with Crippen molar-refractivity contribution in [1.29, 1.82) is 0 Å². The van der Waals surface area contributed by atoms with E-state index in [0.717, 1.165) is 15.6 Å². The summed E-state index contributed by atoms with van der Waals surface area (Å²) in [7, 11) is 0. The van der Waals surface area contributed by atoms with Crippen LogP contribution in [0, 0.1) is 6.92 Å². The van der Waals surface area contributed by atoms with E-state index in [1.807, 2.05) is 25.1 Å². The van der Waals surface area contributed by atoms with Crippen LogP contribution >= 0.6 is 15.9 Å². The Labute approximate surface area is 112 Å². The number of carbonyl (C=O) groups is 1. The van der Waals surface area contributed by atoms with E-state index < -0.39 is 5.97 Å². The second-order valence-electron chi connectivity index (χ2n) is 3.66. The van der Waals surface area contributed by atoms with Crippen LogP contribution in [0.25, 0.3) is 11.4 Å². The van der Waals surface area contributed by atoms with Crippen LogP contribution in [0.3, 0.4) is 0 Å². The van der Waals surface area contributed by atoms with Gasteiger partial charge in [-0.3, -0.25) is 0 Å². The molecule has 0 saturated carbocycles. The summed E-state index contributed by atoms with van der Waals surface area (Å²) in [6.45, 7) is 3.94. The highest BCUT2D eigenvalue weighted by Gasteiger charge is 2.17. The van der Waals surface area contributed by atoms with Crippen LogP contribution in [0.15, 0.2) is 27.2 Å². The Morgan fingerprint density at radius 1 is 1.44 bits per heavy atom. The van der Waals surface area contributed by atoms with Crippen LogP contribution in [0.1, 0.15) is 23.2 Å². The van der Waals surface area contributed by atoms with Crippen molar-refractivity contribution in [2.75, 3.05) is 6.61 Å². The number of ether oxygens (including phenoxy) is 1. The largest absolute Gasteiger partial charge is 0.459 e. The molecule has 0 N–H and O–H groups in total. The van der Waals surface area contributed by atoms with Crippen molar-refractivity contribution < 1.29 is 14.1 Å². The Bertz CT molecular complexity index is 560. The van der Waals surface area contributed by atoms with Crippen molar-refractivity contribution >= 4 is 21.9 Å². The van der Waals surface area contributed by atoms with Crippen molar-refractivity contribution in [1.82, 2.24) is 10.1 Å². The molecule has 0 unspecified atom stereocenters. The smallest absolute Gasteiger partial charge is 0.397 e. The SMILES string of the molecule is CCOC(=O)c1nc(-c2cc(C)cc(Br)c2)no1. The van der Waals surface area contributed by atoms with Gasteiger partial charge >= 0.3 is 11.9 Å².